The molecular weight excluding hydrogens is 231 g/mol. The van der Waals surface area contributed by atoms with Gasteiger partial charge in [-0.3, -0.25) is 0 Å². The average Bonchev–Trinajstić information content (AvgIpc) is 2.35. The second kappa shape index (κ2) is 7.31. The fourth-order valence-corrected chi connectivity index (χ4v) is 1.93. The van der Waals surface area contributed by atoms with Crippen molar-refractivity contribution in [3.63, 3.8) is 0 Å². The Morgan fingerprint density at radius 3 is 2.67 bits per heavy atom. The number of unbranched alkanes of at least 4 members (excludes halogenated alkanes) is 2. The predicted molar refractivity (Wildman–Crippen MR) is 72.1 cm³/mol. The number of hydrogen-bond acceptors (Lipinski definition) is 3. The van der Waals surface area contributed by atoms with E-state index in [1.165, 1.54) is 6.07 Å². The molecule has 0 spiro atoms. The molecule has 1 aromatic heterocycles. The van der Waals surface area contributed by atoms with Gasteiger partial charge in [0.1, 0.15) is 0 Å². The molecule has 1 N–H and O–H groups in total. The molecule has 0 fully saturated rings. The second-order valence-electron chi connectivity index (χ2n) is 4.76. The molecule has 0 radical (unpaired) electrons. The number of aliphatic hydroxyl groups is 1. The summed E-state index contributed by atoms with van der Waals surface area (Å²) in [6.07, 6.45) is 4.85. The lowest BCUT2D eigenvalue weighted by Crippen LogP contribution is -2.33. The predicted octanol–water partition coefficient (Wildman–Crippen LogP) is 3.12. The van der Waals surface area contributed by atoms with E-state index in [1.54, 1.807) is 6.20 Å². The molecular formula is C14H23FN2O. The molecule has 0 aliphatic rings. The van der Waals surface area contributed by atoms with Gasteiger partial charge in [-0.05, 0) is 26.3 Å². The summed E-state index contributed by atoms with van der Waals surface area (Å²) in [4.78, 5) is 6.09. The normalized spacial score (nSPS) is 11.0. The first kappa shape index (κ1) is 14.9. The molecule has 3 nitrogen and oxygen atoms in total. The van der Waals surface area contributed by atoms with Gasteiger partial charge in [-0.25, -0.2) is 9.37 Å². The van der Waals surface area contributed by atoms with E-state index in [-0.39, 0.29) is 12.6 Å². The fourth-order valence-electron chi connectivity index (χ4n) is 1.93. The van der Waals surface area contributed by atoms with Crippen molar-refractivity contribution in [2.45, 2.75) is 52.7 Å². The molecule has 18 heavy (non-hydrogen) atoms. The van der Waals surface area contributed by atoms with Gasteiger partial charge in [0, 0.05) is 24.3 Å². The zero-order chi connectivity index (χ0) is 13.5. The van der Waals surface area contributed by atoms with E-state index in [2.05, 4.69) is 11.9 Å². The Morgan fingerprint density at radius 2 is 2.11 bits per heavy atom. The summed E-state index contributed by atoms with van der Waals surface area (Å²) >= 11 is 0. The Labute approximate surface area is 109 Å². The standard InChI is InChI=1S/C14H23FN2O/c1-4-5-6-9-17(11(2)3)14-13(15)12(10-18)7-8-16-14/h7-8,11,18H,4-6,9-10H2,1-3H3. The van der Waals surface area contributed by atoms with Gasteiger partial charge in [-0.15, -0.1) is 0 Å². The molecule has 0 atom stereocenters. The first-order chi connectivity index (χ1) is 8.61. The van der Waals surface area contributed by atoms with Gasteiger partial charge < -0.3 is 10.0 Å². The van der Waals surface area contributed by atoms with Gasteiger partial charge in [0.05, 0.1) is 6.61 Å². The van der Waals surface area contributed by atoms with E-state index in [9.17, 15) is 4.39 Å². The maximum absolute atomic E-state index is 14.1. The average molecular weight is 254 g/mol. The Morgan fingerprint density at radius 1 is 1.39 bits per heavy atom. The number of aromatic nitrogens is 1. The summed E-state index contributed by atoms with van der Waals surface area (Å²) in [6.45, 7) is 6.70. The second-order valence-corrected chi connectivity index (χ2v) is 4.76. The van der Waals surface area contributed by atoms with E-state index in [4.69, 9.17) is 5.11 Å². The van der Waals surface area contributed by atoms with Crippen LogP contribution in [0.1, 0.15) is 45.6 Å². The van der Waals surface area contributed by atoms with Gasteiger partial charge in [0.2, 0.25) is 0 Å². The molecule has 0 aromatic carbocycles. The highest BCUT2D eigenvalue weighted by Gasteiger charge is 2.18. The first-order valence-electron chi connectivity index (χ1n) is 6.62. The number of rotatable bonds is 7. The first-order valence-corrected chi connectivity index (χ1v) is 6.62. The summed E-state index contributed by atoms with van der Waals surface area (Å²) in [5, 5.41) is 9.09. The minimum absolute atomic E-state index is 0.192. The third kappa shape index (κ3) is 3.67. The van der Waals surface area contributed by atoms with E-state index in [1.807, 2.05) is 18.7 Å². The molecule has 1 heterocycles. The molecule has 0 aliphatic carbocycles. The number of hydrogen-bond donors (Lipinski definition) is 1. The summed E-state index contributed by atoms with van der Waals surface area (Å²) < 4.78 is 14.1. The summed E-state index contributed by atoms with van der Waals surface area (Å²) in [5.41, 5.74) is 0.307. The molecule has 1 rings (SSSR count). The van der Waals surface area contributed by atoms with Gasteiger partial charge in [0.25, 0.3) is 0 Å². The summed E-state index contributed by atoms with van der Waals surface area (Å²) in [5.74, 6) is -0.0437. The largest absolute Gasteiger partial charge is 0.392 e. The lowest BCUT2D eigenvalue weighted by molar-refractivity contribution is 0.275. The molecule has 102 valence electrons. The van der Waals surface area contributed by atoms with Crippen LogP contribution in [-0.4, -0.2) is 22.7 Å². The summed E-state index contributed by atoms with van der Waals surface area (Å²) in [7, 11) is 0. The number of halogens is 1. The van der Waals surface area contributed by atoms with E-state index >= 15 is 0 Å². The van der Waals surface area contributed by atoms with E-state index in [0.29, 0.717) is 11.4 Å². The molecule has 4 heteroatoms. The van der Waals surface area contributed by atoms with Crippen molar-refractivity contribution in [2.24, 2.45) is 0 Å². The number of aliphatic hydroxyl groups excluding tert-OH is 1. The molecule has 0 aliphatic heterocycles. The van der Waals surface area contributed by atoms with Gasteiger partial charge in [-0.1, -0.05) is 19.8 Å². The highest BCUT2D eigenvalue weighted by molar-refractivity contribution is 5.43. The Balaban J connectivity index is 2.91. The molecule has 0 saturated heterocycles. The SMILES string of the molecule is CCCCCN(c1nccc(CO)c1F)C(C)C. The van der Waals surface area contributed by atoms with Crippen molar-refractivity contribution < 1.29 is 9.50 Å². The zero-order valence-electron chi connectivity index (χ0n) is 11.5. The lowest BCUT2D eigenvalue weighted by Gasteiger charge is -2.28. The van der Waals surface area contributed by atoms with Crippen molar-refractivity contribution in [1.29, 1.82) is 0 Å². The van der Waals surface area contributed by atoms with Crippen LogP contribution in [0.15, 0.2) is 12.3 Å². The van der Waals surface area contributed by atoms with Crippen molar-refractivity contribution in [1.82, 2.24) is 4.98 Å². The Bertz CT molecular complexity index is 369. The van der Waals surface area contributed by atoms with Crippen LogP contribution in [0.2, 0.25) is 0 Å². The van der Waals surface area contributed by atoms with Gasteiger partial charge >= 0.3 is 0 Å². The Hall–Kier alpha value is -1.16. The van der Waals surface area contributed by atoms with Crippen LogP contribution in [-0.2, 0) is 6.61 Å². The van der Waals surface area contributed by atoms with E-state index in [0.717, 1.165) is 25.8 Å². The van der Waals surface area contributed by atoms with Crippen molar-refractivity contribution >= 4 is 5.82 Å². The van der Waals surface area contributed by atoms with Crippen LogP contribution in [0.3, 0.4) is 0 Å². The van der Waals surface area contributed by atoms with Crippen LogP contribution in [0, 0.1) is 5.82 Å². The topological polar surface area (TPSA) is 36.4 Å². The fraction of sp³-hybridized carbons (Fsp3) is 0.643. The highest BCUT2D eigenvalue weighted by Crippen LogP contribution is 2.22. The number of anilines is 1. The van der Waals surface area contributed by atoms with Crippen LogP contribution >= 0.6 is 0 Å². The van der Waals surface area contributed by atoms with Crippen LogP contribution in [0.25, 0.3) is 0 Å². The lowest BCUT2D eigenvalue weighted by atomic mass is 10.2. The van der Waals surface area contributed by atoms with E-state index < -0.39 is 5.82 Å². The maximum atomic E-state index is 14.1. The summed E-state index contributed by atoms with van der Waals surface area (Å²) in [6, 6.07) is 1.71. The van der Waals surface area contributed by atoms with Gasteiger partial charge in [-0.2, -0.15) is 0 Å². The smallest absolute Gasteiger partial charge is 0.171 e. The maximum Gasteiger partial charge on any atom is 0.171 e. The molecule has 1 aromatic rings. The third-order valence-corrected chi connectivity index (χ3v) is 3.02. The van der Waals surface area contributed by atoms with Crippen LogP contribution < -0.4 is 4.90 Å². The molecule has 0 bridgehead atoms. The quantitative estimate of drug-likeness (QED) is 0.759. The minimum atomic E-state index is -0.398. The zero-order valence-corrected chi connectivity index (χ0v) is 11.5. The Kier molecular flexibility index (Phi) is 6.05. The number of pyridine rings is 1. The monoisotopic (exact) mass is 254 g/mol. The third-order valence-electron chi connectivity index (χ3n) is 3.02. The number of nitrogens with zero attached hydrogens (tertiary/aromatic N) is 2. The molecule has 0 unspecified atom stereocenters. The molecule has 0 amide bonds. The van der Waals surface area contributed by atoms with Gasteiger partial charge in [0.15, 0.2) is 11.6 Å². The van der Waals surface area contributed by atoms with Crippen molar-refractivity contribution in [2.75, 3.05) is 11.4 Å². The highest BCUT2D eigenvalue weighted by atomic mass is 19.1. The minimum Gasteiger partial charge on any atom is -0.392 e. The van der Waals surface area contributed by atoms with Crippen LogP contribution in [0.4, 0.5) is 10.2 Å². The van der Waals surface area contributed by atoms with Crippen molar-refractivity contribution in [3.05, 3.63) is 23.6 Å². The molecule has 0 saturated carbocycles. The van der Waals surface area contributed by atoms with Crippen LogP contribution in [0.5, 0.6) is 0 Å². The van der Waals surface area contributed by atoms with Crippen molar-refractivity contribution in [3.8, 4) is 0 Å².